The molecular weight excluding hydrogens is 450 g/mol. The zero-order valence-electron chi connectivity index (χ0n) is 19.3. The Morgan fingerprint density at radius 3 is 2.35 bits per heavy atom. The molecule has 2 aromatic carbocycles. The van der Waals surface area contributed by atoms with Crippen molar-refractivity contribution in [1.29, 1.82) is 0 Å². The molecule has 0 spiro atoms. The maximum Gasteiger partial charge on any atom is 0.123 e. The lowest BCUT2D eigenvalue weighted by Gasteiger charge is -2.43. The summed E-state index contributed by atoms with van der Waals surface area (Å²) < 4.78 is 13.3. The van der Waals surface area contributed by atoms with Crippen LogP contribution in [0.3, 0.4) is 0 Å². The standard InChI is InChI=1S/C27H36NO2.BrH/c1-20-16-28(17-21-8-6-5-7-9-21)19-26(2,25-15-14-24(20)27(25,28)3)30-18-22-10-12-23(29-4)13-11-22;/h5-13,20,24-25H,14-19H2,1-4H3;1H/q+1;/p-1/t20-,24+,25-,26-,27-,28-;/m1./s1. The first-order valence-electron chi connectivity index (χ1n) is 11.6. The normalized spacial score (nSPS) is 38.0. The third-order valence-corrected chi connectivity index (χ3v) is 8.98. The molecule has 2 aliphatic heterocycles. The molecule has 0 amide bonds. The highest BCUT2D eigenvalue weighted by Crippen LogP contribution is 2.65. The Labute approximate surface area is 198 Å². The number of hydrogen-bond donors (Lipinski definition) is 0. The van der Waals surface area contributed by atoms with Gasteiger partial charge in [0, 0.05) is 23.3 Å². The smallest absolute Gasteiger partial charge is 0.123 e. The predicted octanol–water partition coefficient (Wildman–Crippen LogP) is 2.44. The van der Waals surface area contributed by atoms with Crippen molar-refractivity contribution < 1.29 is 30.9 Å². The van der Waals surface area contributed by atoms with Crippen LogP contribution in [0.4, 0.5) is 0 Å². The average molecular weight is 486 g/mol. The molecule has 1 aliphatic carbocycles. The molecule has 6 atom stereocenters. The Morgan fingerprint density at radius 1 is 0.968 bits per heavy atom. The van der Waals surface area contributed by atoms with Crippen LogP contribution in [0.1, 0.15) is 44.7 Å². The first-order chi connectivity index (χ1) is 14.4. The van der Waals surface area contributed by atoms with E-state index in [1.165, 1.54) is 35.0 Å². The van der Waals surface area contributed by atoms with Gasteiger partial charge in [-0.15, -0.1) is 0 Å². The van der Waals surface area contributed by atoms with Crippen molar-refractivity contribution in [3.8, 4) is 5.75 Å². The van der Waals surface area contributed by atoms with Gasteiger partial charge in [-0.25, -0.2) is 0 Å². The van der Waals surface area contributed by atoms with E-state index in [9.17, 15) is 0 Å². The number of ether oxygens (including phenoxy) is 2. The van der Waals surface area contributed by atoms with Crippen LogP contribution in [-0.4, -0.2) is 35.8 Å². The van der Waals surface area contributed by atoms with E-state index in [0.29, 0.717) is 18.1 Å². The summed E-state index contributed by atoms with van der Waals surface area (Å²) in [6.45, 7) is 11.7. The molecule has 4 heteroatoms. The van der Waals surface area contributed by atoms with Gasteiger partial charge in [-0.2, -0.15) is 0 Å². The molecule has 0 unspecified atom stereocenters. The molecular formula is C27H36BrNO2. The fourth-order valence-electron chi connectivity index (χ4n) is 7.82. The van der Waals surface area contributed by atoms with E-state index in [2.05, 4.69) is 63.2 Å². The number of nitrogens with zero attached hydrogens (tertiary/aromatic N) is 1. The maximum atomic E-state index is 6.82. The minimum absolute atomic E-state index is 0. The number of methoxy groups -OCH3 is 1. The number of halogens is 1. The summed E-state index contributed by atoms with van der Waals surface area (Å²) in [4.78, 5) is 0. The minimum atomic E-state index is -0.0711. The highest BCUT2D eigenvalue weighted by molar-refractivity contribution is 5.27. The lowest BCUT2D eigenvalue weighted by molar-refractivity contribution is -0.967. The van der Waals surface area contributed by atoms with Crippen LogP contribution in [0, 0.1) is 17.8 Å². The molecule has 2 heterocycles. The van der Waals surface area contributed by atoms with Crippen LogP contribution in [-0.2, 0) is 17.9 Å². The van der Waals surface area contributed by atoms with E-state index in [-0.39, 0.29) is 22.6 Å². The first-order valence-corrected chi connectivity index (χ1v) is 11.6. The lowest BCUT2D eigenvalue weighted by Crippen LogP contribution is -3.00. The van der Waals surface area contributed by atoms with Crippen molar-refractivity contribution in [3.05, 3.63) is 65.7 Å². The van der Waals surface area contributed by atoms with Crippen LogP contribution in [0.2, 0.25) is 0 Å². The third kappa shape index (κ3) is 3.46. The number of hydrogen-bond acceptors (Lipinski definition) is 2. The molecule has 2 aromatic rings. The van der Waals surface area contributed by atoms with E-state index in [1.54, 1.807) is 7.11 Å². The Balaban J connectivity index is 0.00000231. The molecule has 3 aliphatic rings. The van der Waals surface area contributed by atoms with Crippen LogP contribution in [0.15, 0.2) is 54.6 Å². The van der Waals surface area contributed by atoms with Gasteiger partial charge in [-0.1, -0.05) is 49.4 Å². The maximum absolute atomic E-state index is 6.82. The molecule has 0 N–H and O–H groups in total. The van der Waals surface area contributed by atoms with Gasteiger partial charge in [0.25, 0.3) is 0 Å². The highest BCUT2D eigenvalue weighted by atomic mass is 79.9. The molecule has 3 nitrogen and oxygen atoms in total. The highest BCUT2D eigenvalue weighted by Gasteiger charge is 2.76. The van der Waals surface area contributed by atoms with Gasteiger partial charge in [0.15, 0.2) is 0 Å². The van der Waals surface area contributed by atoms with Gasteiger partial charge < -0.3 is 30.9 Å². The Morgan fingerprint density at radius 2 is 1.68 bits per heavy atom. The molecule has 1 saturated carbocycles. The van der Waals surface area contributed by atoms with Gasteiger partial charge in [0.05, 0.1) is 20.3 Å². The topological polar surface area (TPSA) is 18.5 Å². The molecule has 0 bridgehead atoms. The zero-order valence-corrected chi connectivity index (χ0v) is 20.9. The molecule has 0 aromatic heterocycles. The van der Waals surface area contributed by atoms with Crippen molar-refractivity contribution in [2.24, 2.45) is 17.8 Å². The zero-order chi connectivity index (χ0) is 21.0. The third-order valence-electron chi connectivity index (χ3n) is 8.98. The summed E-state index contributed by atoms with van der Waals surface area (Å²) >= 11 is 0. The fraction of sp³-hybridized carbons (Fsp3) is 0.556. The second kappa shape index (κ2) is 8.20. The van der Waals surface area contributed by atoms with Crippen LogP contribution in [0.5, 0.6) is 5.75 Å². The first kappa shape index (κ1) is 22.8. The molecule has 0 radical (unpaired) electrons. The summed E-state index contributed by atoms with van der Waals surface area (Å²) in [6, 6.07) is 19.5. The Hall–Kier alpha value is -1.36. The quantitative estimate of drug-likeness (QED) is 0.585. The molecule has 5 rings (SSSR count). The van der Waals surface area contributed by atoms with Crippen molar-refractivity contribution >= 4 is 0 Å². The van der Waals surface area contributed by atoms with E-state index in [1.807, 2.05) is 12.1 Å². The van der Waals surface area contributed by atoms with E-state index in [0.717, 1.165) is 30.7 Å². The summed E-state index contributed by atoms with van der Waals surface area (Å²) in [5.41, 5.74) is 2.95. The van der Waals surface area contributed by atoms with E-state index >= 15 is 0 Å². The van der Waals surface area contributed by atoms with Crippen molar-refractivity contribution in [3.63, 3.8) is 0 Å². The summed E-state index contributed by atoms with van der Waals surface area (Å²) in [5.74, 6) is 3.15. The van der Waals surface area contributed by atoms with Gasteiger partial charge >= 0.3 is 0 Å². The monoisotopic (exact) mass is 485 g/mol. The molecule has 2 saturated heterocycles. The molecule has 168 valence electrons. The van der Waals surface area contributed by atoms with Crippen LogP contribution >= 0.6 is 0 Å². The number of benzene rings is 2. The molecule has 3 fully saturated rings. The summed E-state index contributed by atoms with van der Waals surface area (Å²) in [6.07, 6.45) is 2.66. The van der Waals surface area contributed by atoms with Gasteiger partial charge in [-0.3, -0.25) is 0 Å². The van der Waals surface area contributed by atoms with Gasteiger partial charge in [0.2, 0.25) is 0 Å². The van der Waals surface area contributed by atoms with Crippen LogP contribution < -0.4 is 21.7 Å². The fourth-order valence-corrected chi connectivity index (χ4v) is 7.82. The van der Waals surface area contributed by atoms with E-state index in [4.69, 9.17) is 9.47 Å². The largest absolute Gasteiger partial charge is 1.00 e. The Kier molecular flexibility index (Phi) is 6.04. The van der Waals surface area contributed by atoms with Crippen LogP contribution in [0.25, 0.3) is 0 Å². The number of rotatable bonds is 6. The Bertz CT molecular complexity index is 903. The van der Waals surface area contributed by atoms with Crippen molar-refractivity contribution in [2.45, 2.75) is 57.9 Å². The van der Waals surface area contributed by atoms with Crippen molar-refractivity contribution in [1.82, 2.24) is 0 Å². The van der Waals surface area contributed by atoms with Crippen molar-refractivity contribution in [2.75, 3.05) is 20.2 Å². The SMILES string of the molecule is COc1ccc(CO[C@]2(C)C[N@+]3(Cc4ccccc4)C[C@@H](C)[C@@H]4CC[C@H]2[C@@]43C)cc1.[Br-]. The second-order valence-electron chi connectivity index (χ2n) is 10.5. The minimum Gasteiger partial charge on any atom is -1.00 e. The van der Waals surface area contributed by atoms with Gasteiger partial charge in [0.1, 0.15) is 30.0 Å². The summed E-state index contributed by atoms with van der Waals surface area (Å²) in [7, 11) is 1.71. The lowest BCUT2D eigenvalue weighted by atomic mass is 9.76. The molecule has 31 heavy (non-hydrogen) atoms. The number of quaternary nitrogens is 1. The van der Waals surface area contributed by atoms with E-state index < -0.39 is 0 Å². The predicted molar refractivity (Wildman–Crippen MR) is 120 cm³/mol. The second-order valence-corrected chi connectivity index (χ2v) is 10.5. The van der Waals surface area contributed by atoms with Gasteiger partial charge in [-0.05, 0) is 44.4 Å². The average Bonchev–Trinajstić information content (AvgIpc) is 3.28. The summed E-state index contributed by atoms with van der Waals surface area (Å²) in [5, 5.41) is 0.